The molecule has 0 aliphatic rings. The molecule has 0 saturated heterocycles. The minimum absolute atomic E-state index is 0.00183. The summed E-state index contributed by atoms with van der Waals surface area (Å²) >= 11 is 4.29. The Morgan fingerprint density at radius 2 is 0.692 bits per heavy atom. The van der Waals surface area contributed by atoms with Gasteiger partial charge in [-0.1, -0.05) is 162 Å². The van der Waals surface area contributed by atoms with Crippen LogP contribution in [0, 0.1) is 0 Å². The van der Waals surface area contributed by atoms with E-state index in [4.69, 9.17) is 0 Å². The van der Waals surface area contributed by atoms with Gasteiger partial charge in [0.1, 0.15) is 0 Å². The summed E-state index contributed by atoms with van der Waals surface area (Å²) in [5.41, 5.74) is 14.8. The maximum absolute atomic E-state index is 4.29. The Hall–Kier alpha value is -5.90. The molecular weight excluding hydrogens is 853 g/mol. The van der Waals surface area contributed by atoms with Gasteiger partial charge in [-0.3, -0.25) is 0 Å². The predicted octanol–water partition coefficient (Wildman–Crippen LogP) is 18.4. The van der Waals surface area contributed by atoms with Crippen molar-refractivity contribution in [3.8, 4) is 22.5 Å². The smallest absolute Gasteiger partial charge is 0.0625 e. The van der Waals surface area contributed by atoms with Gasteiger partial charge < -0.3 is 9.13 Å². The van der Waals surface area contributed by atoms with Crippen molar-refractivity contribution in [3.05, 3.63) is 166 Å². The van der Waals surface area contributed by atoms with Crippen LogP contribution in [0.5, 0.6) is 0 Å². The average Bonchev–Trinajstić information content (AvgIpc) is 3.75. The fourth-order valence-electron chi connectivity index (χ4n) is 10.5. The maximum Gasteiger partial charge on any atom is 0.0625 e. The second-order valence-electron chi connectivity index (χ2n) is 22.9. The van der Waals surface area contributed by atoms with Crippen LogP contribution < -0.4 is 0 Å². The molecule has 2 nitrogen and oxygen atoms in total. The van der Waals surface area contributed by atoms with Crippen molar-refractivity contribution in [1.29, 1.82) is 0 Å². The van der Waals surface area contributed by atoms with E-state index in [0.29, 0.717) is 0 Å². The lowest BCUT2D eigenvalue weighted by Crippen LogP contribution is -2.10. The molecule has 0 radical (unpaired) electrons. The van der Waals surface area contributed by atoms with Crippen LogP contribution in [0.1, 0.15) is 105 Å². The molecule has 0 N–H and O–H groups in total. The largest absolute Gasteiger partial charge is 0.309 e. The first-order valence-electron chi connectivity index (χ1n) is 23.4. The zero-order valence-electron chi connectivity index (χ0n) is 40.1. The Balaban J connectivity index is 1.30. The van der Waals surface area contributed by atoms with Crippen molar-refractivity contribution >= 4 is 91.9 Å². The number of nitrogens with zero attached hydrogens (tertiary/aromatic N) is 2. The summed E-state index contributed by atoms with van der Waals surface area (Å²) in [4.78, 5) is 0. The van der Waals surface area contributed by atoms with Crippen molar-refractivity contribution in [2.45, 2.75) is 105 Å². The first kappa shape index (κ1) is 41.8. The average molecular weight is 912 g/mol. The van der Waals surface area contributed by atoms with Gasteiger partial charge in [-0.2, -0.15) is 0 Å². The van der Waals surface area contributed by atoms with Gasteiger partial charge in [0.2, 0.25) is 0 Å². The molecule has 11 rings (SSSR count). The molecule has 2 aromatic heterocycles. The molecule has 2 heterocycles. The number of benzene rings is 9. The van der Waals surface area contributed by atoms with Crippen LogP contribution in [0.3, 0.4) is 0 Å². The van der Waals surface area contributed by atoms with Gasteiger partial charge in [-0.05, 0) is 158 Å². The highest BCUT2D eigenvalue weighted by atomic mass is 79.9. The Labute approximate surface area is 392 Å². The van der Waals surface area contributed by atoms with E-state index in [0.717, 1.165) is 15.8 Å². The molecule has 3 heteroatoms. The first-order valence-corrected chi connectivity index (χ1v) is 24.2. The molecule has 0 unspecified atom stereocenters. The van der Waals surface area contributed by atoms with Gasteiger partial charge in [-0.25, -0.2) is 0 Å². The third-order valence-electron chi connectivity index (χ3n) is 14.4. The maximum atomic E-state index is 4.29. The van der Waals surface area contributed by atoms with Crippen molar-refractivity contribution in [1.82, 2.24) is 9.13 Å². The number of aromatic nitrogens is 2. The summed E-state index contributed by atoms with van der Waals surface area (Å²) in [6.45, 7) is 27.8. The molecular formula is C62H59BrN2. The molecule has 0 bridgehead atoms. The molecule has 0 saturated carbocycles. The zero-order chi connectivity index (χ0) is 45.7. The van der Waals surface area contributed by atoms with E-state index in [2.05, 4.69) is 248 Å². The molecule has 0 spiro atoms. The van der Waals surface area contributed by atoms with Crippen LogP contribution in [0.15, 0.2) is 144 Å². The van der Waals surface area contributed by atoms with Crippen molar-refractivity contribution < 1.29 is 0 Å². The van der Waals surface area contributed by atoms with Gasteiger partial charge >= 0.3 is 0 Å². The normalized spacial score (nSPS) is 13.3. The number of hydrogen-bond acceptors (Lipinski definition) is 0. The van der Waals surface area contributed by atoms with Crippen LogP contribution >= 0.6 is 15.9 Å². The van der Waals surface area contributed by atoms with Gasteiger partial charge in [0.25, 0.3) is 0 Å². The van der Waals surface area contributed by atoms with E-state index >= 15 is 0 Å². The Kier molecular flexibility index (Phi) is 9.03. The topological polar surface area (TPSA) is 9.86 Å². The van der Waals surface area contributed by atoms with Gasteiger partial charge in [-0.15, -0.1) is 0 Å². The summed E-state index contributed by atoms with van der Waals surface area (Å²) in [5.74, 6) is 0. The molecule has 0 aliphatic heterocycles. The van der Waals surface area contributed by atoms with Gasteiger partial charge in [0.05, 0.1) is 33.4 Å². The van der Waals surface area contributed by atoms with E-state index in [1.165, 1.54) is 109 Å². The summed E-state index contributed by atoms with van der Waals surface area (Å²) in [6, 6.07) is 54.2. The summed E-state index contributed by atoms with van der Waals surface area (Å²) in [5, 5.41) is 12.9. The van der Waals surface area contributed by atoms with Crippen LogP contribution in [-0.4, -0.2) is 9.13 Å². The minimum atomic E-state index is -0.00183. The molecule has 9 aromatic carbocycles. The first-order chi connectivity index (χ1) is 30.7. The second-order valence-corrected chi connectivity index (χ2v) is 23.7. The van der Waals surface area contributed by atoms with Crippen LogP contribution in [0.4, 0.5) is 0 Å². The van der Waals surface area contributed by atoms with Crippen LogP contribution in [0.25, 0.3) is 98.4 Å². The fourth-order valence-corrected chi connectivity index (χ4v) is 11.0. The second kappa shape index (κ2) is 14.1. The number of fused-ring (bicyclic) bond motifs is 6. The highest BCUT2D eigenvalue weighted by Crippen LogP contribution is 2.47. The van der Waals surface area contributed by atoms with E-state index < -0.39 is 0 Å². The predicted molar refractivity (Wildman–Crippen MR) is 287 cm³/mol. The van der Waals surface area contributed by atoms with Gasteiger partial charge in [0, 0.05) is 31.6 Å². The molecule has 0 amide bonds. The summed E-state index contributed by atoms with van der Waals surface area (Å²) in [7, 11) is 0. The lowest BCUT2D eigenvalue weighted by molar-refractivity contribution is 0.590. The van der Waals surface area contributed by atoms with Crippen molar-refractivity contribution in [2.75, 3.05) is 0 Å². The monoisotopic (exact) mass is 910 g/mol. The van der Waals surface area contributed by atoms with E-state index in [9.17, 15) is 0 Å². The highest BCUT2D eigenvalue weighted by Gasteiger charge is 2.27. The van der Waals surface area contributed by atoms with E-state index in [-0.39, 0.29) is 21.7 Å². The lowest BCUT2D eigenvalue weighted by atomic mass is 9.85. The van der Waals surface area contributed by atoms with Crippen molar-refractivity contribution in [3.63, 3.8) is 0 Å². The minimum Gasteiger partial charge on any atom is -0.309 e. The zero-order valence-corrected chi connectivity index (χ0v) is 41.6. The molecule has 0 fully saturated rings. The highest BCUT2D eigenvalue weighted by molar-refractivity contribution is 9.10. The molecule has 324 valence electrons. The SMILES string of the molecule is CC(C)(C)c1ccc2c(c1)c1cc(C(C)(C)C)ccc1n2-c1cc(-n2c3ccc(C(C)(C)C)cc3c3cc(C(C)(C)C)ccc32)c(-c2ccc3ccc4cccc5ccc2c3c45)cc1Br. The molecule has 65 heavy (non-hydrogen) atoms. The van der Waals surface area contributed by atoms with Crippen molar-refractivity contribution in [2.24, 2.45) is 0 Å². The van der Waals surface area contributed by atoms with Gasteiger partial charge in [0.15, 0.2) is 0 Å². The Morgan fingerprint density at radius 1 is 0.323 bits per heavy atom. The summed E-state index contributed by atoms with van der Waals surface area (Å²) < 4.78 is 6.12. The van der Waals surface area contributed by atoms with Crippen LogP contribution in [-0.2, 0) is 21.7 Å². The molecule has 0 atom stereocenters. The Bertz CT molecular complexity index is 3590. The number of halogens is 1. The third kappa shape index (κ3) is 6.55. The van der Waals surface area contributed by atoms with E-state index in [1.54, 1.807) is 0 Å². The third-order valence-corrected chi connectivity index (χ3v) is 15.0. The number of rotatable bonds is 3. The lowest BCUT2D eigenvalue weighted by Gasteiger charge is -2.22. The quantitative estimate of drug-likeness (QED) is 0.156. The van der Waals surface area contributed by atoms with Crippen LogP contribution in [0.2, 0.25) is 0 Å². The molecule has 11 aromatic rings. The fraction of sp³-hybridized carbons (Fsp3) is 0.258. The standard InChI is InChI=1S/C62H59BrN2/c1-59(2,3)39-20-26-51-45(30-39)46-31-40(60(4,5)6)21-27-52(46)64(51)55-35-56(65-53-28-22-41(61(7,8)9)32-47(53)48-33-42(62(10,11)12)23-29-54(48)65)50(63)34-49(55)43-24-18-38-17-16-36-14-13-15-37-19-25-44(43)58(38)57(36)37/h13-35H,1-12H3. The van der Waals surface area contributed by atoms with E-state index in [1.807, 2.05) is 0 Å². The molecule has 0 aliphatic carbocycles. The Morgan fingerprint density at radius 3 is 1.11 bits per heavy atom. The summed E-state index contributed by atoms with van der Waals surface area (Å²) in [6.07, 6.45) is 0. The number of hydrogen-bond donors (Lipinski definition) is 0.